The largest absolute Gasteiger partial charge is 0.353 e. The maximum Gasteiger partial charge on any atom is 0.243 e. The van der Waals surface area contributed by atoms with Crippen LogP contribution < -0.4 is 5.32 Å². The van der Waals surface area contributed by atoms with Gasteiger partial charge in [0.15, 0.2) is 0 Å². The summed E-state index contributed by atoms with van der Waals surface area (Å²) >= 11 is 3.37. The molecule has 0 bridgehead atoms. The van der Waals surface area contributed by atoms with E-state index in [2.05, 4.69) is 21.2 Å². The highest BCUT2D eigenvalue weighted by Crippen LogP contribution is 2.20. The highest BCUT2D eigenvalue weighted by molar-refractivity contribution is 9.10. The van der Waals surface area contributed by atoms with Crippen molar-refractivity contribution in [2.24, 2.45) is 0 Å². The van der Waals surface area contributed by atoms with Crippen LogP contribution in [0.4, 0.5) is 0 Å². The molecule has 2 aromatic carbocycles. The van der Waals surface area contributed by atoms with Crippen LogP contribution in [0.2, 0.25) is 0 Å². The fraction of sp³-hybridized carbons (Fsp3) is 0.316. The van der Waals surface area contributed by atoms with Crippen molar-refractivity contribution in [3.8, 4) is 0 Å². The van der Waals surface area contributed by atoms with Crippen LogP contribution in [0.25, 0.3) is 0 Å². The van der Waals surface area contributed by atoms with Crippen molar-refractivity contribution >= 4 is 31.9 Å². The summed E-state index contributed by atoms with van der Waals surface area (Å²) in [5, 5.41) is 2.75. The monoisotopic (exact) mass is 438 g/mol. The zero-order valence-electron chi connectivity index (χ0n) is 15.1. The second kappa shape index (κ2) is 8.79. The second-order valence-corrected chi connectivity index (χ2v) is 9.29. The standard InChI is InChI=1S/C19H23BrN2O3S/c1-14(2)21-19(23)13-22(12-16-6-8-17(20)9-7-16)26(24,25)18-10-4-15(3)5-11-18/h4-11,14H,12-13H2,1-3H3,(H,21,23). The molecular formula is C19H23BrN2O3S. The number of carbonyl (C=O) groups excluding carboxylic acids is 1. The van der Waals surface area contributed by atoms with Crippen molar-refractivity contribution in [1.29, 1.82) is 0 Å². The van der Waals surface area contributed by atoms with Gasteiger partial charge in [0.2, 0.25) is 15.9 Å². The Balaban J connectivity index is 2.33. The summed E-state index contributed by atoms with van der Waals surface area (Å²) in [6.45, 7) is 5.46. The molecule has 0 aliphatic carbocycles. The number of rotatable bonds is 7. The third kappa shape index (κ3) is 5.65. The summed E-state index contributed by atoms with van der Waals surface area (Å²) in [6.07, 6.45) is 0. The van der Waals surface area contributed by atoms with Gasteiger partial charge in [-0.3, -0.25) is 4.79 Å². The zero-order valence-corrected chi connectivity index (χ0v) is 17.5. The van der Waals surface area contributed by atoms with Gasteiger partial charge in [-0.25, -0.2) is 8.42 Å². The molecule has 0 unspecified atom stereocenters. The lowest BCUT2D eigenvalue weighted by molar-refractivity contribution is -0.121. The molecule has 0 radical (unpaired) electrons. The highest BCUT2D eigenvalue weighted by Gasteiger charge is 2.27. The molecule has 140 valence electrons. The Morgan fingerprint density at radius 3 is 2.19 bits per heavy atom. The van der Waals surface area contributed by atoms with Gasteiger partial charge >= 0.3 is 0 Å². The van der Waals surface area contributed by atoms with Crippen LogP contribution in [0.3, 0.4) is 0 Å². The maximum atomic E-state index is 13.1. The fourth-order valence-corrected chi connectivity index (χ4v) is 4.06. The predicted molar refractivity (Wildman–Crippen MR) is 106 cm³/mol. The molecular weight excluding hydrogens is 416 g/mol. The van der Waals surface area contributed by atoms with E-state index in [1.807, 2.05) is 45.0 Å². The molecule has 26 heavy (non-hydrogen) atoms. The Kier molecular flexibility index (Phi) is 6.97. The lowest BCUT2D eigenvalue weighted by Gasteiger charge is -2.22. The van der Waals surface area contributed by atoms with Gasteiger partial charge in [0.1, 0.15) is 0 Å². The highest BCUT2D eigenvalue weighted by atomic mass is 79.9. The molecule has 1 N–H and O–H groups in total. The number of sulfonamides is 1. The molecule has 5 nitrogen and oxygen atoms in total. The number of nitrogens with one attached hydrogen (secondary N) is 1. The maximum absolute atomic E-state index is 13.1. The molecule has 1 amide bonds. The first-order chi connectivity index (χ1) is 12.2. The number of nitrogens with zero attached hydrogens (tertiary/aromatic N) is 1. The van der Waals surface area contributed by atoms with Crippen LogP contribution in [0, 0.1) is 6.92 Å². The van der Waals surface area contributed by atoms with E-state index in [1.165, 1.54) is 4.31 Å². The van der Waals surface area contributed by atoms with Gasteiger partial charge < -0.3 is 5.32 Å². The van der Waals surface area contributed by atoms with Gasteiger partial charge in [-0.15, -0.1) is 0 Å². The Hall–Kier alpha value is -1.70. The molecule has 0 atom stereocenters. The van der Waals surface area contributed by atoms with Crippen LogP contribution >= 0.6 is 15.9 Å². The van der Waals surface area contributed by atoms with E-state index in [0.717, 1.165) is 15.6 Å². The third-order valence-electron chi connectivity index (χ3n) is 3.70. The smallest absolute Gasteiger partial charge is 0.243 e. The summed E-state index contributed by atoms with van der Waals surface area (Å²) in [7, 11) is -3.80. The number of hydrogen-bond acceptors (Lipinski definition) is 3. The molecule has 0 heterocycles. The van der Waals surface area contributed by atoms with Crippen molar-refractivity contribution in [2.75, 3.05) is 6.54 Å². The van der Waals surface area contributed by atoms with Gasteiger partial charge in [-0.1, -0.05) is 45.8 Å². The molecule has 0 spiro atoms. The van der Waals surface area contributed by atoms with Gasteiger partial charge in [-0.05, 0) is 50.6 Å². The molecule has 7 heteroatoms. The predicted octanol–water partition coefficient (Wildman–Crippen LogP) is 3.47. The van der Waals surface area contributed by atoms with Gasteiger partial charge in [0, 0.05) is 17.1 Å². The average Bonchev–Trinajstić information content (AvgIpc) is 2.56. The van der Waals surface area contributed by atoms with Crippen molar-refractivity contribution in [2.45, 2.75) is 38.3 Å². The van der Waals surface area contributed by atoms with E-state index in [-0.39, 0.29) is 29.9 Å². The first kappa shape index (κ1) is 20.6. The minimum absolute atomic E-state index is 0.0564. The average molecular weight is 439 g/mol. The van der Waals surface area contributed by atoms with Crippen molar-refractivity contribution in [3.63, 3.8) is 0 Å². The van der Waals surface area contributed by atoms with E-state index in [0.29, 0.717) is 0 Å². The van der Waals surface area contributed by atoms with Crippen molar-refractivity contribution in [3.05, 3.63) is 64.1 Å². The van der Waals surface area contributed by atoms with Crippen LogP contribution in [0.15, 0.2) is 57.9 Å². The summed E-state index contributed by atoms with van der Waals surface area (Å²) in [4.78, 5) is 12.4. The first-order valence-corrected chi connectivity index (χ1v) is 10.5. The normalized spacial score (nSPS) is 11.8. The van der Waals surface area contributed by atoms with E-state index in [9.17, 15) is 13.2 Å². The summed E-state index contributed by atoms with van der Waals surface area (Å²) in [5.74, 6) is -0.326. The van der Waals surface area contributed by atoms with Crippen LogP contribution in [-0.4, -0.2) is 31.2 Å². The van der Waals surface area contributed by atoms with Gasteiger partial charge in [0.25, 0.3) is 0 Å². The van der Waals surface area contributed by atoms with E-state index < -0.39 is 10.0 Å². The zero-order chi connectivity index (χ0) is 19.3. The minimum atomic E-state index is -3.80. The van der Waals surface area contributed by atoms with Crippen molar-refractivity contribution < 1.29 is 13.2 Å². The molecule has 0 saturated carbocycles. The number of aryl methyl sites for hydroxylation is 1. The number of halogens is 1. The molecule has 2 aromatic rings. The number of carbonyl (C=O) groups is 1. The van der Waals surface area contributed by atoms with Crippen molar-refractivity contribution in [1.82, 2.24) is 9.62 Å². The minimum Gasteiger partial charge on any atom is -0.353 e. The lowest BCUT2D eigenvalue weighted by Crippen LogP contribution is -2.42. The van der Waals surface area contributed by atoms with E-state index in [1.54, 1.807) is 24.3 Å². The molecule has 2 rings (SSSR count). The van der Waals surface area contributed by atoms with Crippen LogP contribution in [0.5, 0.6) is 0 Å². The van der Waals surface area contributed by atoms with Gasteiger partial charge in [0.05, 0.1) is 11.4 Å². The van der Waals surface area contributed by atoms with E-state index >= 15 is 0 Å². The Labute approximate surface area is 163 Å². The molecule has 0 aliphatic heterocycles. The summed E-state index contributed by atoms with van der Waals surface area (Å²) < 4.78 is 28.3. The lowest BCUT2D eigenvalue weighted by atomic mass is 10.2. The molecule has 0 aromatic heterocycles. The molecule has 0 aliphatic rings. The SMILES string of the molecule is Cc1ccc(S(=O)(=O)N(CC(=O)NC(C)C)Cc2ccc(Br)cc2)cc1. The third-order valence-corrected chi connectivity index (χ3v) is 6.04. The van der Waals surface area contributed by atoms with Crippen LogP contribution in [-0.2, 0) is 21.4 Å². The number of benzene rings is 2. The van der Waals surface area contributed by atoms with E-state index in [4.69, 9.17) is 0 Å². The Morgan fingerprint density at radius 1 is 1.08 bits per heavy atom. The quantitative estimate of drug-likeness (QED) is 0.719. The summed E-state index contributed by atoms with van der Waals surface area (Å²) in [5.41, 5.74) is 1.78. The molecule has 0 saturated heterocycles. The fourth-order valence-electron chi connectivity index (χ4n) is 2.41. The topological polar surface area (TPSA) is 66.5 Å². The van der Waals surface area contributed by atoms with Crippen LogP contribution in [0.1, 0.15) is 25.0 Å². The first-order valence-electron chi connectivity index (χ1n) is 8.29. The number of hydrogen-bond donors (Lipinski definition) is 1. The molecule has 0 fully saturated rings. The second-order valence-electron chi connectivity index (χ2n) is 6.43. The Bertz CT molecular complexity index is 847. The summed E-state index contributed by atoms with van der Waals surface area (Å²) in [6, 6.07) is 13.9. The van der Waals surface area contributed by atoms with Gasteiger partial charge in [-0.2, -0.15) is 4.31 Å². The Morgan fingerprint density at radius 2 is 1.65 bits per heavy atom. The number of amides is 1.